The van der Waals surface area contributed by atoms with Gasteiger partial charge in [0.05, 0.1) is 18.3 Å². The standard InChI is InChI=1S/C27H33BO3/c1-19(2)29-25-16-10-7-13-22(25)28(23-14-8-11-17-26(23)30-20(3)4)24-15-9-12-18-27(24)31-21(5)6/h7-21H,1-6H3. The second kappa shape index (κ2) is 10.4. The quantitative estimate of drug-likeness (QED) is 0.479. The lowest BCUT2D eigenvalue weighted by Gasteiger charge is -2.25. The van der Waals surface area contributed by atoms with Crippen LogP contribution in [0.25, 0.3) is 0 Å². The molecule has 0 aliphatic carbocycles. The molecule has 0 N–H and O–H groups in total. The van der Waals surface area contributed by atoms with Gasteiger partial charge in [-0.25, -0.2) is 0 Å². The number of benzene rings is 3. The fourth-order valence-electron chi connectivity index (χ4n) is 3.74. The van der Waals surface area contributed by atoms with Crippen molar-refractivity contribution in [1.29, 1.82) is 0 Å². The molecule has 0 amide bonds. The van der Waals surface area contributed by atoms with Gasteiger partial charge in [0, 0.05) is 0 Å². The Bertz CT molecular complexity index is 854. The molecule has 3 nitrogen and oxygen atoms in total. The summed E-state index contributed by atoms with van der Waals surface area (Å²) >= 11 is 0. The van der Waals surface area contributed by atoms with Crippen molar-refractivity contribution in [3.8, 4) is 17.2 Å². The Morgan fingerprint density at radius 3 is 0.968 bits per heavy atom. The van der Waals surface area contributed by atoms with E-state index in [-0.39, 0.29) is 25.0 Å². The fourth-order valence-corrected chi connectivity index (χ4v) is 3.74. The smallest absolute Gasteiger partial charge is 0.255 e. The van der Waals surface area contributed by atoms with Crippen molar-refractivity contribution in [1.82, 2.24) is 0 Å². The first-order valence-electron chi connectivity index (χ1n) is 11.1. The lowest BCUT2D eigenvalue weighted by atomic mass is 9.36. The van der Waals surface area contributed by atoms with E-state index in [1.165, 1.54) is 0 Å². The largest absolute Gasteiger partial charge is 0.492 e. The van der Waals surface area contributed by atoms with E-state index in [4.69, 9.17) is 14.2 Å². The number of para-hydroxylation sites is 3. The Morgan fingerprint density at radius 1 is 0.452 bits per heavy atom. The summed E-state index contributed by atoms with van der Waals surface area (Å²) in [6, 6.07) is 24.8. The van der Waals surface area contributed by atoms with Crippen LogP contribution < -0.4 is 30.6 Å². The molecule has 3 aromatic carbocycles. The average molecular weight is 416 g/mol. The maximum Gasteiger partial charge on any atom is 0.255 e. The molecule has 0 aliphatic heterocycles. The molecule has 0 bridgehead atoms. The Balaban J connectivity index is 2.26. The Hall–Kier alpha value is -2.88. The normalized spacial score (nSPS) is 11.1. The zero-order chi connectivity index (χ0) is 22.4. The van der Waals surface area contributed by atoms with Gasteiger partial charge in [0.25, 0.3) is 6.71 Å². The molecule has 31 heavy (non-hydrogen) atoms. The Labute approximate surface area is 187 Å². The fraction of sp³-hybridized carbons (Fsp3) is 0.333. The van der Waals surface area contributed by atoms with Crippen LogP contribution in [0.4, 0.5) is 0 Å². The Morgan fingerprint density at radius 2 is 0.710 bits per heavy atom. The van der Waals surface area contributed by atoms with E-state index in [0.717, 1.165) is 33.6 Å². The van der Waals surface area contributed by atoms with Gasteiger partial charge in [-0.05, 0) is 76.1 Å². The van der Waals surface area contributed by atoms with Crippen molar-refractivity contribution >= 4 is 23.1 Å². The van der Waals surface area contributed by atoms with Crippen LogP contribution in [-0.2, 0) is 0 Å². The van der Waals surface area contributed by atoms with Crippen molar-refractivity contribution < 1.29 is 14.2 Å². The maximum absolute atomic E-state index is 6.23. The topological polar surface area (TPSA) is 27.7 Å². The van der Waals surface area contributed by atoms with Gasteiger partial charge in [0.2, 0.25) is 0 Å². The first-order chi connectivity index (χ1) is 14.9. The van der Waals surface area contributed by atoms with Crippen LogP contribution in [-0.4, -0.2) is 25.0 Å². The molecule has 0 aliphatic rings. The molecule has 0 spiro atoms. The van der Waals surface area contributed by atoms with E-state index in [1.807, 2.05) is 36.4 Å². The van der Waals surface area contributed by atoms with Crippen LogP contribution in [0.1, 0.15) is 41.5 Å². The molecule has 4 heteroatoms. The summed E-state index contributed by atoms with van der Waals surface area (Å²) in [6.07, 6.45) is 0.225. The van der Waals surface area contributed by atoms with Gasteiger partial charge in [-0.1, -0.05) is 54.6 Å². The van der Waals surface area contributed by atoms with Crippen molar-refractivity contribution in [3.05, 3.63) is 72.8 Å². The first-order valence-corrected chi connectivity index (χ1v) is 11.1. The highest BCUT2D eigenvalue weighted by Crippen LogP contribution is 2.19. The number of rotatable bonds is 9. The van der Waals surface area contributed by atoms with Gasteiger partial charge in [-0.3, -0.25) is 0 Å². The van der Waals surface area contributed by atoms with Crippen molar-refractivity contribution in [2.45, 2.75) is 59.9 Å². The molecule has 0 heterocycles. The molecule has 0 unspecified atom stereocenters. The van der Waals surface area contributed by atoms with E-state index in [2.05, 4.69) is 77.9 Å². The molecular weight excluding hydrogens is 383 g/mol. The van der Waals surface area contributed by atoms with E-state index in [9.17, 15) is 0 Å². The molecule has 0 saturated carbocycles. The summed E-state index contributed by atoms with van der Waals surface area (Å²) in [7, 11) is 0. The minimum Gasteiger partial charge on any atom is -0.492 e. The number of hydrogen-bond acceptors (Lipinski definition) is 3. The average Bonchev–Trinajstić information content (AvgIpc) is 2.70. The number of ether oxygens (including phenoxy) is 3. The third-order valence-corrected chi connectivity index (χ3v) is 4.78. The molecule has 3 aromatic rings. The monoisotopic (exact) mass is 416 g/mol. The molecule has 162 valence electrons. The third kappa shape index (κ3) is 5.84. The van der Waals surface area contributed by atoms with Crippen LogP contribution >= 0.6 is 0 Å². The van der Waals surface area contributed by atoms with Crippen LogP contribution in [0, 0.1) is 0 Å². The summed E-state index contributed by atoms with van der Waals surface area (Å²) in [5.41, 5.74) is 3.28. The van der Waals surface area contributed by atoms with E-state index < -0.39 is 0 Å². The van der Waals surface area contributed by atoms with Crippen LogP contribution in [0.5, 0.6) is 17.2 Å². The third-order valence-electron chi connectivity index (χ3n) is 4.78. The van der Waals surface area contributed by atoms with Gasteiger partial charge >= 0.3 is 0 Å². The SMILES string of the molecule is CC(C)Oc1ccccc1B(c1ccccc1OC(C)C)c1ccccc1OC(C)C. The second-order valence-corrected chi connectivity index (χ2v) is 8.55. The van der Waals surface area contributed by atoms with Crippen LogP contribution in [0.3, 0.4) is 0 Å². The summed E-state index contributed by atoms with van der Waals surface area (Å²) < 4.78 is 18.7. The maximum atomic E-state index is 6.23. The highest BCUT2D eigenvalue weighted by molar-refractivity contribution is 6.97. The highest BCUT2D eigenvalue weighted by atomic mass is 16.5. The van der Waals surface area contributed by atoms with Crippen LogP contribution in [0.15, 0.2) is 72.8 Å². The summed E-state index contributed by atoms with van der Waals surface area (Å²) in [5, 5.41) is 0. The molecule has 0 fully saturated rings. The first kappa shape index (κ1) is 22.8. The minimum atomic E-state index is -0.0974. The van der Waals surface area contributed by atoms with Gasteiger partial charge < -0.3 is 14.2 Å². The zero-order valence-electron chi connectivity index (χ0n) is 19.5. The molecule has 0 saturated heterocycles. The predicted octanol–water partition coefficient (Wildman–Crippen LogP) is 4.56. The summed E-state index contributed by atoms with van der Waals surface area (Å²) in [6.45, 7) is 12.2. The molecule has 0 radical (unpaired) electrons. The second-order valence-electron chi connectivity index (χ2n) is 8.55. The van der Waals surface area contributed by atoms with Gasteiger partial charge in [0.15, 0.2) is 0 Å². The Kier molecular flexibility index (Phi) is 7.67. The van der Waals surface area contributed by atoms with E-state index in [0.29, 0.717) is 0 Å². The van der Waals surface area contributed by atoms with Gasteiger partial charge in [-0.2, -0.15) is 0 Å². The molecule has 0 aromatic heterocycles. The van der Waals surface area contributed by atoms with E-state index in [1.54, 1.807) is 0 Å². The highest BCUT2D eigenvalue weighted by Gasteiger charge is 2.31. The molecular formula is C27H33BO3. The van der Waals surface area contributed by atoms with Crippen LogP contribution in [0.2, 0.25) is 0 Å². The predicted molar refractivity (Wildman–Crippen MR) is 131 cm³/mol. The zero-order valence-corrected chi connectivity index (χ0v) is 19.5. The lowest BCUT2D eigenvalue weighted by Crippen LogP contribution is -2.53. The molecule has 3 rings (SSSR count). The molecule has 0 atom stereocenters. The van der Waals surface area contributed by atoms with Crippen molar-refractivity contribution in [3.63, 3.8) is 0 Å². The minimum absolute atomic E-state index is 0.0751. The van der Waals surface area contributed by atoms with Gasteiger partial charge in [-0.15, -0.1) is 0 Å². The summed E-state index contributed by atoms with van der Waals surface area (Å²) in [5.74, 6) is 2.63. The van der Waals surface area contributed by atoms with Gasteiger partial charge in [0.1, 0.15) is 17.2 Å². The lowest BCUT2D eigenvalue weighted by molar-refractivity contribution is 0.244. The van der Waals surface area contributed by atoms with Crippen molar-refractivity contribution in [2.24, 2.45) is 0 Å². The number of hydrogen-bond donors (Lipinski definition) is 0. The van der Waals surface area contributed by atoms with E-state index >= 15 is 0 Å². The van der Waals surface area contributed by atoms with Crippen molar-refractivity contribution in [2.75, 3.05) is 0 Å². The summed E-state index contributed by atoms with van der Waals surface area (Å²) in [4.78, 5) is 0.